The topological polar surface area (TPSA) is 76.8 Å². The molecule has 0 spiro atoms. The molecule has 0 fully saturated rings. The number of H-pyrrole nitrogens is 1. The molecule has 0 saturated carbocycles. The highest BCUT2D eigenvalue weighted by atomic mass is 32.2. The molecule has 0 aliphatic carbocycles. The van der Waals surface area contributed by atoms with Crippen LogP contribution >= 0.6 is 36.2 Å². The third-order valence-corrected chi connectivity index (χ3v) is 5.71. The Bertz CT molecular complexity index is 535. The van der Waals surface area contributed by atoms with E-state index in [1.54, 1.807) is 6.33 Å². The highest BCUT2D eigenvalue weighted by molar-refractivity contribution is 7.98. The average molecular weight is 431 g/mol. The zero-order valence-electron chi connectivity index (χ0n) is 16.5. The van der Waals surface area contributed by atoms with E-state index in [1.807, 2.05) is 18.8 Å². The molecule has 1 rings (SSSR count). The normalized spacial score (nSPS) is 10.4. The first-order valence-electron chi connectivity index (χ1n) is 9.67. The monoisotopic (exact) mass is 430 g/mol. The number of unbranched alkanes of at least 4 members (excludes halogenated alkanes) is 5. The number of imidazole rings is 1. The van der Waals surface area contributed by atoms with Gasteiger partial charge in [-0.15, -0.1) is 0 Å². The van der Waals surface area contributed by atoms with E-state index in [4.69, 9.17) is 24.4 Å². The third kappa shape index (κ3) is 12.9. The van der Waals surface area contributed by atoms with E-state index in [1.165, 1.54) is 32.1 Å². The van der Waals surface area contributed by atoms with Crippen LogP contribution in [0.1, 0.15) is 49.9 Å². The van der Waals surface area contributed by atoms with Crippen LogP contribution in [0.15, 0.2) is 6.33 Å². The predicted octanol–water partition coefficient (Wildman–Crippen LogP) is 2.85. The van der Waals surface area contributed by atoms with Crippen molar-refractivity contribution in [2.24, 2.45) is 0 Å². The number of aromatic amines is 1. The Kier molecular flexibility index (Phi) is 14.2. The Hall–Kier alpha value is -1.06. The van der Waals surface area contributed by atoms with Crippen molar-refractivity contribution >= 4 is 46.4 Å². The number of hydrogen-bond donors (Lipinski definition) is 5. The first-order valence-corrected chi connectivity index (χ1v) is 11.6. The second-order valence-electron chi connectivity index (χ2n) is 6.34. The molecule has 0 bridgehead atoms. The van der Waals surface area contributed by atoms with Gasteiger partial charge in [-0.25, -0.2) is 4.98 Å². The molecule has 0 aliphatic heterocycles. The van der Waals surface area contributed by atoms with Crippen LogP contribution in [-0.2, 0) is 5.75 Å². The van der Waals surface area contributed by atoms with E-state index in [9.17, 15) is 0 Å². The summed E-state index contributed by atoms with van der Waals surface area (Å²) < 4.78 is 0. The summed E-state index contributed by atoms with van der Waals surface area (Å²) in [5.41, 5.74) is 2.29. The van der Waals surface area contributed by atoms with Gasteiger partial charge in [0.25, 0.3) is 0 Å². The minimum atomic E-state index is 0.733. The largest absolute Gasteiger partial charge is 0.366 e. The number of thioether (sulfide) groups is 1. The SMILES string of the molecule is CNC(=S)NCCCCCCCCNC(=S)NCCSCc1nc[nH]c1C. The quantitative estimate of drug-likeness (QED) is 0.228. The van der Waals surface area contributed by atoms with Gasteiger partial charge in [0, 0.05) is 43.9 Å². The molecule has 6 nitrogen and oxygen atoms in total. The van der Waals surface area contributed by atoms with Crippen LogP contribution in [0.4, 0.5) is 0 Å². The summed E-state index contributed by atoms with van der Waals surface area (Å²) in [6, 6.07) is 0. The fraction of sp³-hybridized carbons (Fsp3) is 0.722. The molecule has 5 N–H and O–H groups in total. The highest BCUT2D eigenvalue weighted by Gasteiger charge is 2.01. The summed E-state index contributed by atoms with van der Waals surface area (Å²) in [4.78, 5) is 7.40. The van der Waals surface area contributed by atoms with E-state index in [-0.39, 0.29) is 0 Å². The number of thiocarbonyl (C=S) groups is 2. The van der Waals surface area contributed by atoms with Crippen molar-refractivity contribution in [2.45, 2.75) is 51.2 Å². The molecule has 1 aromatic rings. The van der Waals surface area contributed by atoms with Crippen LogP contribution in [0.2, 0.25) is 0 Å². The number of aryl methyl sites for hydroxylation is 1. The summed E-state index contributed by atoms with van der Waals surface area (Å²) in [5.74, 6) is 1.96. The average Bonchev–Trinajstić information content (AvgIpc) is 3.07. The molecule has 9 heteroatoms. The smallest absolute Gasteiger partial charge is 0.166 e. The molecular formula is C18H34N6S3. The third-order valence-electron chi connectivity index (χ3n) is 4.11. The zero-order chi connectivity index (χ0) is 19.7. The summed E-state index contributed by atoms with van der Waals surface area (Å²) in [5, 5.41) is 14.1. The Morgan fingerprint density at radius 2 is 1.56 bits per heavy atom. The van der Waals surface area contributed by atoms with E-state index in [0.717, 1.165) is 59.2 Å². The molecular weight excluding hydrogens is 396 g/mol. The van der Waals surface area contributed by atoms with Crippen LogP contribution in [0.5, 0.6) is 0 Å². The van der Waals surface area contributed by atoms with Gasteiger partial charge in [0.2, 0.25) is 0 Å². The molecule has 154 valence electrons. The van der Waals surface area contributed by atoms with Crippen LogP contribution in [0.3, 0.4) is 0 Å². The molecule has 0 aliphatic rings. The number of aromatic nitrogens is 2. The number of hydrogen-bond acceptors (Lipinski definition) is 4. The second kappa shape index (κ2) is 15.9. The molecule has 0 aromatic carbocycles. The zero-order valence-corrected chi connectivity index (χ0v) is 19.0. The molecule has 0 atom stereocenters. The van der Waals surface area contributed by atoms with Gasteiger partial charge < -0.3 is 26.3 Å². The fourth-order valence-electron chi connectivity index (χ4n) is 2.45. The Balaban J connectivity index is 1.82. The molecule has 0 saturated heterocycles. The summed E-state index contributed by atoms with van der Waals surface area (Å²) in [6.45, 7) is 4.84. The summed E-state index contributed by atoms with van der Waals surface area (Å²) in [7, 11) is 1.84. The van der Waals surface area contributed by atoms with Crippen molar-refractivity contribution in [1.29, 1.82) is 0 Å². The van der Waals surface area contributed by atoms with E-state index in [0.29, 0.717) is 0 Å². The lowest BCUT2D eigenvalue weighted by Gasteiger charge is -2.10. The van der Waals surface area contributed by atoms with Crippen molar-refractivity contribution in [3.05, 3.63) is 17.7 Å². The van der Waals surface area contributed by atoms with E-state index < -0.39 is 0 Å². The van der Waals surface area contributed by atoms with Crippen molar-refractivity contribution in [3.63, 3.8) is 0 Å². The number of nitrogens with one attached hydrogen (secondary N) is 5. The van der Waals surface area contributed by atoms with Gasteiger partial charge >= 0.3 is 0 Å². The highest BCUT2D eigenvalue weighted by Crippen LogP contribution is 2.11. The summed E-state index contributed by atoms with van der Waals surface area (Å²) >= 11 is 12.2. The van der Waals surface area contributed by atoms with E-state index >= 15 is 0 Å². The maximum absolute atomic E-state index is 5.31. The van der Waals surface area contributed by atoms with Crippen LogP contribution in [0.25, 0.3) is 0 Å². The van der Waals surface area contributed by atoms with Gasteiger partial charge in [0.15, 0.2) is 10.2 Å². The molecule has 27 heavy (non-hydrogen) atoms. The van der Waals surface area contributed by atoms with Crippen molar-refractivity contribution in [3.8, 4) is 0 Å². The molecule has 0 unspecified atom stereocenters. The summed E-state index contributed by atoms with van der Waals surface area (Å²) in [6.07, 6.45) is 9.15. The van der Waals surface area contributed by atoms with Crippen LogP contribution in [-0.4, -0.2) is 52.6 Å². The minimum Gasteiger partial charge on any atom is -0.366 e. The van der Waals surface area contributed by atoms with Gasteiger partial charge in [-0.3, -0.25) is 0 Å². The first-order chi connectivity index (χ1) is 13.1. The van der Waals surface area contributed by atoms with Gasteiger partial charge in [-0.2, -0.15) is 11.8 Å². The Morgan fingerprint density at radius 3 is 2.15 bits per heavy atom. The molecule has 0 amide bonds. The van der Waals surface area contributed by atoms with Gasteiger partial charge in [0.1, 0.15) is 0 Å². The molecule has 1 aromatic heterocycles. The lowest BCUT2D eigenvalue weighted by Crippen LogP contribution is -2.36. The maximum atomic E-state index is 5.31. The number of nitrogens with zero attached hydrogens (tertiary/aromatic N) is 1. The van der Waals surface area contributed by atoms with Gasteiger partial charge in [0.05, 0.1) is 12.0 Å². The van der Waals surface area contributed by atoms with E-state index in [2.05, 4.69) is 38.2 Å². The first kappa shape index (κ1) is 24.0. The molecule has 0 radical (unpaired) electrons. The van der Waals surface area contributed by atoms with Gasteiger partial charge in [-0.05, 0) is 44.2 Å². The maximum Gasteiger partial charge on any atom is 0.166 e. The lowest BCUT2D eigenvalue weighted by atomic mass is 10.1. The second-order valence-corrected chi connectivity index (χ2v) is 8.26. The number of rotatable bonds is 14. The van der Waals surface area contributed by atoms with Crippen molar-refractivity contribution in [1.82, 2.24) is 31.2 Å². The van der Waals surface area contributed by atoms with Gasteiger partial charge in [-0.1, -0.05) is 25.7 Å². The van der Waals surface area contributed by atoms with Crippen molar-refractivity contribution < 1.29 is 0 Å². The Morgan fingerprint density at radius 1 is 0.963 bits per heavy atom. The Labute approximate surface area is 178 Å². The standard InChI is InChI=1S/C18H34N6S3/c1-15-16(24-14-23-15)13-27-12-11-22-18(26)21-10-8-6-4-3-5-7-9-20-17(25)19-2/h14H,3-13H2,1-2H3,(H,23,24)(H2,19,20,25)(H2,21,22,26). The minimum absolute atomic E-state index is 0.733. The predicted molar refractivity (Wildman–Crippen MR) is 125 cm³/mol. The van der Waals surface area contributed by atoms with Crippen molar-refractivity contribution in [2.75, 3.05) is 32.4 Å². The van der Waals surface area contributed by atoms with Crippen LogP contribution < -0.4 is 21.3 Å². The molecule has 1 heterocycles. The fourth-order valence-corrected chi connectivity index (χ4v) is 3.63. The van der Waals surface area contributed by atoms with Crippen LogP contribution in [0, 0.1) is 6.92 Å². The lowest BCUT2D eigenvalue weighted by molar-refractivity contribution is 0.585.